The molecule has 0 spiro atoms. The number of unbranched alkanes of at least 4 members (excludes halogenated alkanes) is 1. The van der Waals surface area contributed by atoms with E-state index in [4.69, 9.17) is 4.74 Å². The maximum Gasteiger partial charge on any atom is 0.261 e. The number of nitrogens with one attached hydrogen (secondary N) is 2. The standard InChI is InChI=1S/C26H25FN6O3/c1-36-15-7-12-29-23-18(17-30-26(32-23)31-19-11-13-28-22(27)16-19)8-3-2-6-14-33-24(34)20-9-4-5-10-21(20)25(33)35/h4-5,9-11,13,16-17H,2,6-7,12,14-15H2,1H3,(H2,28,29,30,31,32). The molecule has 9 nitrogen and oxygen atoms in total. The molecule has 4 rings (SSSR count). The summed E-state index contributed by atoms with van der Waals surface area (Å²) in [5.74, 6) is 5.81. The highest BCUT2D eigenvalue weighted by Gasteiger charge is 2.34. The Hall–Kier alpha value is -4.36. The fraction of sp³-hybridized carbons (Fsp3) is 0.269. The Balaban J connectivity index is 1.39. The molecule has 0 unspecified atom stereocenters. The topological polar surface area (TPSA) is 109 Å². The molecule has 1 aromatic carbocycles. The molecule has 3 heterocycles. The largest absolute Gasteiger partial charge is 0.385 e. The van der Waals surface area contributed by atoms with Crippen molar-refractivity contribution in [3.05, 3.63) is 71.4 Å². The van der Waals surface area contributed by atoms with Gasteiger partial charge in [0.05, 0.1) is 22.9 Å². The number of methoxy groups -OCH3 is 1. The van der Waals surface area contributed by atoms with Crippen LogP contribution in [0.2, 0.25) is 0 Å². The van der Waals surface area contributed by atoms with Crippen molar-refractivity contribution in [2.45, 2.75) is 19.3 Å². The van der Waals surface area contributed by atoms with Gasteiger partial charge in [-0.25, -0.2) is 9.97 Å². The van der Waals surface area contributed by atoms with Gasteiger partial charge in [0.15, 0.2) is 0 Å². The second-order valence-corrected chi connectivity index (χ2v) is 7.93. The molecule has 0 saturated heterocycles. The minimum absolute atomic E-state index is 0.267. The molecule has 0 radical (unpaired) electrons. The minimum atomic E-state index is -0.610. The van der Waals surface area contributed by atoms with E-state index in [1.165, 1.54) is 17.2 Å². The Kier molecular flexibility index (Phi) is 8.16. The average Bonchev–Trinajstić information content (AvgIpc) is 3.12. The van der Waals surface area contributed by atoms with Gasteiger partial charge < -0.3 is 15.4 Å². The Labute approximate surface area is 208 Å². The lowest BCUT2D eigenvalue weighted by molar-refractivity contribution is 0.0653. The molecule has 0 fully saturated rings. The highest BCUT2D eigenvalue weighted by Crippen LogP contribution is 2.22. The van der Waals surface area contributed by atoms with Crippen molar-refractivity contribution in [1.82, 2.24) is 19.9 Å². The van der Waals surface area contributed by atoms with Crippen molar-refractivity contribution < 1.29 is 18.7 Å². The predicted octanol–water partition coefficient (Wildman–Crippen LogP) is 3.63. The van der Waals surface area contributed by atoms with E-state index >= 15 is 0 Å². The number of aromatic nitrogens is 3. The first-order valence-electron chi connectivity index (χ1n) is 11.5. The molecule has 184 valence electrons. The highest BCUT2D eigenvalue weighted by atomic mass is 19.1. The summed E-state index contributed by atoms with van der Waals surface area (Å²) in [7, 11) is 1.64. The summed E-state index contributed by atoms with van der Waals surface area (Å²) in [5, 5.41) is 6.19. The number of rotatable bonds is 10. The summed E-state index contributed by atoms with van der Waals surface area (Å²) in [4.78, 5) is 38.5. The lowest BCUT2D eigenvalue weighted by Crippen LogP contribution is -2.30. The predicted molar refractivity (Wildman–Crippen MR) is 132 cm³/mol. The molecule has 2 N–H and O–H groups in total. The number of carbonyl (C=O) groups excluding carboxylic acids is 2. The summed E-state index contributed by atoms with van der Waals surface area (Å²) in [5.41, 5.74) is 1.95. The first kappa shape index (κ1) is 24.8. The van der Waals surface area contributed by atoms with Crippen LogP contribution in [0.3, 0.4) is 0 Å². The Bertz CT molecular complexity index is 1290. The van der Waals surface area contributed by atoms with Crippen LogP contribution >= 0.6 is 0 Å². The van der Waals surface area contributed by atoms with Gasteiger partial charge >= 0.3 is 0 Å². The third-order valence-corrected chi connectivity index (χ3v) is 5.37. The molecule has 3 aromatic rings. The quantitative estimate of drug-likeness (QED) is 0.193. The third-order valence-electron chi connectivity index (χ3n) is 5.37. The van der Waals surface area contributed by atoms with Gasteiger partial charge in [-0.05, 0) is 31.0 Å². The van der Waals surface area contributed by atoms with E-state index in [-0.39, 0.29) is 17.8 Å². The molecule has 1 aliphatic heterocycles. The first-order chi connectivity index (χ1) is 17.6. The average molecular weight is 489 g/mol. The maximum absolute atomic E-state index is 13.4. The number of ether oxygens (including phenoxy) is 1. The van der Waals surface area contributed by atoms with Crippen LogP contribution in [0.4, 0.5) is 21.8 Å². The lowest BCUT2D eigenvalue weighted by Gasteiger charge is -2.12. The van der Waals surface area contributed by atoms with Crippen molar-refractivity contribution in [1.29, 1.82) is 0 Å². The zero-order valence-corrected chi connectivity index (χ0v) is 19.8. The van der Waals surface area contributed by atoms with Crippen LogP contribution in [0.1, 0.15) is 45.5 Å². The summed E-state index contributed by atoms with van der Waals surface area (Å²) in [6.45, 7) is 1.51. The molecule has 2 aromatic heterocycles. The van der Waals surface area contributed by atoms with E-state index in [1.807, 2.05) is 0 Å². The normalized spacial score (nSPS) is 12.2. The van der Waals surface area contributed by atoms with Crippen molar-refractivity contribution in [2.24, 2.45) is 0 Å². The van der Waals surface area contributed by atoms with Gasteiger partial charge in [0.1, 0.15) is 5.82 Å². The van der Waals surface area contributed by atoms with Crippen LogP contribution < -0.4 is 10.6 Å². The zero-order valence-electron chi connectivity index (χ0n) is 19.8. The van der Waals surface area contributed by atoms with Crippen molar-refractivity contribution >= 4 is 29.3 Å². The van der Waals surface area contributed by atoms with E-state index < -0.39 is 5.95 Å². The van der Waals surface area contributed by atoms with Gasteiger partial charge in [0.25, 0.3) is 11.8 Å². The number of pyridine rings is 1. The van der Waals surface area contributed by atoms with Crippen LogP contribution in [0.15, 0.2) is 48.8 Å². The van der Waals surface area contributed by atoms with Gasteiger partial charge in [-0.1, -0.05) is 24.0 Å². The van der Waals surface area contributed by atoms with Gasteiger partial charge in [-0.2, -0.15) is 9.37 Å². The second-order valence-electron chi connectivity index (χ2n) is 7.93. The van der Waals surface area contributed by atoms with E-state index in [0.29, 0.717) is 60.7 Å². The van der Waals surface area contributed by atoms with Crippen LogP contribution in [0.5, 0.6) is 0 Å². The highest BCUT2D eigenvalue weighted by molar-refractivity contribution is 6.21. The third kappa shape index (κ3) is 6.00. The van der Waals surface area contributed by atoms with Crippen LogP contribution in [0.25, 0.3) is 0 Å². The molecular formula is C26H25FN6O3. The van der Waals surface area contributed by atoms with Gasteiger partial charge in [-0.15, -0.1) is 0 Å². The number of amides is 2. The summed E-state index contributed by atoms with van der Waals surface area (Å²) < 4.78 is 18.5. The van der Waals surface area contributed by atoms with Crippen molar-refractivity contribution in [3.63, 3.8) is 0 Å². The Morgan fingerprint density at radius 1 is 1.08 bits per heavy atom. The molecule has 2 amide bonds. The molecule has 1 aliphatic rings. The fourth-order valence-corrected chi connectivity index (χ4v) is 3.63. The van der Waals surface area contributed by atoms with Gasteiger partial charge in [-0.3, -0.25) is 14.5 Å². The molecule has 36 heavy (non-hydrogen) atoms. The first-order valence-corrected chi connectivity index (χ1v) is 11.5. The number of fused-ring (bicyclic) bond motifs is 1. The molecular weight excluding hydrogens is 463 g/mol. The second kappa shape index (κ2) is 11.9. The Morgan fingerprint density at radius 2 is 1.86 bits per heavy atom. The number of hydrogen-bond donors (Lipinski definition) is 2. The van der Waals surface area contributed by atoms with Crippen LogP contribution in [-0.4, -0.2) is 58.5 Å². The lowest BCUT2D eigenvalue weighted by atomic mass is 10.1. The molecule has 0 saturated carbocycles. The van der Waals surface area contributed by atoms with E-state index in [2.05, 4.69) is 37.4 Å². The molecule has 0 bridgehead atoms. The van der Waals surface area contributed by atoms with Crippen molar-refractivity contribution in [3.8, 4) is 11.8 Å². The van der Waals surface area contributed by atoms with Crippen molar-refractivity contribution in [2.75, 3.05) is 37.4 Å². The zero-order chi connectivity index (χ0) is 25.3. The number of hydrogen-bond acceptors (Lipinski definition) is 8. The van der Waals surface area contributed by atoms with Crippen LogP contribution in [0, 0.1) is 17.8 Å². The number of nitrogens with zero attached hydrogens (tertiary/aromatic N) is 4. The minimum Gasteiger partial charge on any atom is -0.385 e. The monoisotopic (exact) mass is 488 g/mol. The summed E-state index contributed by atoms with van der Waals surface area (Å²) >= 11 is 0. The number of imide groups is 1. The maximum atomic E-state index is 13.4. The van der Waals surface area contributed by atoms with Gasteiger partial charge in [0.2, 0.25) is 11.9 Å². The van der Waals surface area contributed by atoms with E-state index in [1.54, 1.807) is 43.6 Å². The van der Waals surface area contributed by atoms with E-state index in [9.17, 15) is 14.0 Å². The SMILES string of the molecule is COCCCNc1nc(Nc2ccnc(F)c2)ncc1C#CCCCN1C(=O)c2ccccc2C1=O. The van der Waals surface area contributed by atoms with Crippen LogP contribution in [-0.2, 0) is 4.74 Å². The molecule has 0 aliphatic carbocycles. The summed E-state index contributed by atoms with van der Waals surface area (Å²) in [6.07, 6.45) is 4.73. The number of anilines is 3. The number of halogens is 1. The molecule has 0 atom stereocenters. The number of benzene rings is 1. The van der Waals surface area contributed by atoms with Gasteiger partial charge in [0, 0.05) is 51.2 Å². The summed E-state index contributed by atoms with van der Waals surface area (Å²) in [6, 6.07) is 9.69. The Morgan fingerprint density at radius 3 is 2.58 bits per heavy atom. The smallest absolute Gasteiger partial charge is 0.261 e. The fourth-order valence-electron chi connectivity index (χ4n) is 3.63. The molecule has 10 heteroatoms. The van der Waals surface area contributed by atoms with E-state index in [0.717, 1.165) is 6.42 Å². The number of carbonyl (C=O) groups is 2.